The summed E-state index contributed by atoms with van der Waals surface area (Å²) in [6, 6.07) is 5.55. The zero-order valence-electron chi connectivity index (χ0n) is 17.1. The van der Waals surface area contributed by atoms with Gasteiger partial charge in [0.1, 0.15) is 23.6 Å². The molecule has 7 heteroatoms. The van der Waals surface area contributed by atoms with Gasteiger partial charge in [-0.05, 0) is 50.3 Å². The van der Waals surface area contributed by atoms with Crippen molar-refractivity contribution in [1.82, 2.24) is 15.5 Å². The highest BCUT2D eigenvalue weighted by Gasteiger charge is 2.30. The van der Waals surface area contributed by atoms with Crippen LogP contribution >= 0.6 is 0 Å². The summed E-state index contributed by atoms with van der Waals surface area (Å²) in [6.07, 6.45) is 7.98. The maximum Gasteiger partial charge on any atom is 0.255 e. The Bertz CT molecular complexity index is 740. The van der Waals surface area contributed by atoms with E-state index in [-0.39, 0.29) is 17.9 Å². The summed E-state index contributed by atoms with van der Waals surface area (Å²) in [6.45, 7) is 2.69. The van der Waals surface area contributed by atoms with Gasteiger partial charge < -0.3 is 25.0 Å². The number of nitrogens with one attached hydrogen (secondary N) is 2. The van der Waals surface area contributed by atoms with E-state index in [4.69, 9.17) is 9.47 Å². The molecule has 0 bridgehead atoms. The quantitative estimate of drug-likeness (QED) is 0.763. The molecule has 0 aromatic heterocycles. The van der Waals surface area contributed by atoms with Crippen LogP contribution in [0.15, 0.2) is 18.2 Å². The second-order valence-corrected chi connectivity index (χ2v) is 8.26. The smallest absolute Gasteiger partial charge is 0.255 e. The molecule has 7 nitrogen and oxygen atoms in total. The van der Waals surface area contributed by atoms with Gasteiger partial charge >= 0.3 is 0 Å². The number of likely N-dealkylation sites (tertiary alicyclic amines) is 1. The number of carbonyl (C=O) groups excluding carboxylic acids is 2. The van der Waals surface area contributed by atoms with Crippen LogP contribution in [0.25, 0.3) is 0 Å². The Morgan fingerprint density at radius 3 is 2.55 bits per heavy atom. The molecule has 1 aliphatic carbocycles. The number of benzene rings is 1. The number of piperidine rings is 1. The van der Waals surface area contributed by atoms with E-state index in [0.717, 1.165) is 32.0 Å². The van der Waals surface area contributed by atoms with Gasteiger partial charge in [0, 0.05) is 25.7 Å². The summed E-state index contributed by atoms with van der Waals surface area (Å²) in [5.74, 6) is 0.711. The number of nitrogens with zero attached hydrogens (tertiary/aromatic N) is 1. The fraction of sp³-hybridized carbons (Fsp3) is 0.636. The number of methoxy groups -OCH3 is 1. The van der Waals surface area contributed by atoms with Gasteiger partial charge in [-0.3, -0.25) is 9.59 Å². The summed E-state index contributed by atoms with van der Waals surface area (Å²) >= 11 is 0. The van der Waals surface area contributed by atoms with Gasteiger partial charge in [0.25, 0.3) is 5.91 Å². The number of carbonyl (C=O) groups is 2. The zero-order valence-corrected chi connectivity index (χ0v) is 17.1. The maximum absolute atomic E-state index is 12.9. The van der Waals surface area contributed by atoms with E-state index in [2.05, 4.69) is 15.5 Å². The predicted octanol–water partition coefficient (Wildman–Crippen LogP) is 2.10. The lowest BCUT2D eigenvalue weighted by Crippen LogP contribution is -2.43. The predicted molar refractivity (Wildman–Crippen MR) is 109 cm³/mol. The van der Waals surface area contributed by atoms with Crippen molar-refractivity contribution in [2.24, 2.45) is 0 Å². The molecule has 2 amide bonds. The number of hydrogen-bond acceptors (Lipinski definition) is 5. The third-order valence-corrected chi connectivity index (χ3v) is 6.40. The highest BCUT2D eigenvalue weighted by molar-refractivity contribution is 6.00. The average molecular weight is 402 g/mol. The van der Waals surface area contributed by atoms with Crippen molar-refractivity contribution < 1.29 is 19.1 Å². The van der Waals surface area contributed by atoms with Crippen LogP contribution in [0.5, 0.6) is 11.5 Å². The average Bonchev–Trinajstić information content (AvgIpc) is 3.41. The zero-order chi connectivity index (χ0) is 20.2. The Kier molecular flexibility index (Phi) is 6.23. The highest BCUT2D eigenvalue weighted by Crippen LogP contribution is 2.30. The van der Waals surface area contributed by atoms with Gasteiger partial charge in [0.05, 0.1) is 12.7 Å². The molecule has 158 valence electrons. The molecule has 2 N–H and O–H groups in total. The van der Waals surface area contributed by atoms with Gasteiger partial charge in [-0.15, -0.1) is 0 Å². The van der Waals surface area contributed by atoms with Gasteiger partial charge in [0.15, 0.2) is 0 Å². The van der Waals surface area contributed by atoms with Crippen molar-refractivity contribution in [2.75, 3.05) is 26.7 Å². The largest absolute Gasteiger partial charge is 0.497 e. The van der Waals surface area contributed by atoms with Crippen LogP contribution in [0.2, 0.25) is 0 Å². The van der Waals surface area contributed by atoms with Crippen LogP contribution in [0.4, 0.5) is 0 Å². The first-order valence-corrected chi connectivity index (χ1v) is 10.8. The van der Waals surface area contributed by atoms with Crippen molar-refractivity contribution in [3.63, 3.8) is 0 Å². The molecule has 1 atom stereocenters. The lowest BCUT2D eigenvalue weighted by Gasteiger charge is -2.36. The Morgan fingerprint density at radius 2 is 1.90 bits per heavy atom. The Labute approximate surface area is 172 Å². The fourth-order valence-electron chi connectivity index (χ4n) is 4.69. The summed E-state index contributed by atoms with van der Waals surface area (Å²) in [5.41, 5.74) is 0.419. The minimum absolute atomic E-state index is 0.0994. The Balaban J connectivity index is 1.41. The molecular weight excluding hydrogens is 370 g/mol. The summed E-state index contributed by atoms with van der Waals surface area (Å²) in [5, 5.41) is 5.57. The third kappa shape index (κ3) is 4.66. The van der Waals surface area contributed by atoms with Crippen LogP contribution in [-0.4, -0.2) is 61.6 Å². The maximum atomic E-state index is 12.9. The van der Waals surface area contributed by atoms with Crippen molar-refractivity contribution in [1.29, 1.82) is 0 Å². The van der Waals surface area contributed by atoms with Crippen molar-refractivity contribution in [2.45, 2.75) is 63.1 Å². The summed E-state index contributed by atoms with van der Waals surface area (Å²) in [7, 11) is 1.57. The van der Waals surface area contributed by atoms with Crippen molar-refractivity contribution in [3.05, 3.63) is 23.8 Å². The van der Waals surface area contributed by atoms with Gasteiger partial charge in [-0.2, -0.15) is 0 Å². The standard InChI is InChI=1S/C22H31N3O4/c1-28-17-6-7-20(18(14-17)21(26)24-19-8-11-23-22(19)27)29-16-9-12-25(13-10-16)15-4-2-3-5-15/h6-7,14-16,19H,2-5,8-13H2,1H3,(H,23,27)(H,24,26). The molecule has 3 fully saturated rings. The number of amides is 2. The number of hydrogen-bond donors (Lipinski definition) is 2. The minimum atomic E-state index is -0.490. The van der Waals surface area contributed by atoms with Crippen LogP contribution in [-0.2, 0) is 4.79 Å². The molecule has 1 aromatic carbocycles. The molecule has 4 rings (SSSR count). The number of ether oxygens (including phenoxy) is 2. The molecule has 2 aliphatic heterocycles. The molecule has 1 saturated carbocycles. The lowest BCUT2D eigenvalue weighted by molar-refractivity contribution is -0.120. The van der Waals surface area contributed by atoms with Crippen LogP contribution < -0.4 is 20.1 Å². The number of rotatable bonds is 6. The molecular formula is C22H31N3O4. The molecule has 2 heterocycles. The third-order valence-electron chi connectivity index (χ3n) is 6.40. The Hall–Kier alpha value is -2.28. The topological polar surface area (TPSA) is 79.9 Å². The monoisotopic (exact) mass is 401 g/mol. The molecule has 1 unspecified atom stereocenters. The summed E-state index contributed by atoms with van der Waals surface area (Å²) < 4.78 is 11.6. The van der Waals surface area contributed by atoms with E-state index in [1.165, 1.54) is 25.7 Å². The van der Waals surface area contributed by atoms with E-state index in [1.807, 2.05) is 6.07 Å². The molecule has 1 aromatic rings. The van der Waals surface area contributed by atoms with E-state index in [9.17, 15) is 9.59 Å². The molecule has 0 spiro atoms. The fourth-order valence-corrected chi connectivity index (χ4v) is 4.69. The highest BCUT2D eigenvalue weighted by atomic mass is 16.5. The first-order chi connectivity index (χ1) is 14.1. The van der Waals surface area contributed by atoms with Crippen molar-refractivity contribution >= 4 is 11.8 Å². The lowest BCUT2D eigenvalue weighted by atomic mass is 10.0. The van der Waals surface area contributed by atoms with E-state index in [1.54, 1.807) is 19.2 Å². The second-order valence-electron chi connectivity index (χ2n) is 8.26. The first-order valence-electron chi connectivity index (χ1n) is 10.8. The summed E-state index contributed by atoms with van der Waals surface area (Å²) in [4.78, 5) is 27.3. The van der Waals surface area contributed by atoms with Crippen LogP contribution in [0.3, 0.4) is 0 Å². The van der Waals surface area contributed by atoms with Crippen LogP contribution in [0, 0.1) is 0 Å². The molecule has 0 radical (unpaired) electrons. The normalized spacial score (nSPS) is 23.8. The first kappa shape index (κ1) is 20.0. The van der Waals surface area contributed by atoms with E-state index < -0.39 is 6.04 Å². The van der Waals surface area contributed by atoms with Gasteiger partial charge in [-0.25, -0.2) is 0 Å². The molecule has 3 aliphatic rings. The SMILES string of the molecule is COc1ccc(OC2CCN(C3CCCC3)CC2)c(C(=O)NC2CCNC2=O)c1. The van der Waals surface area contributed by atoms with Crippen LogP contribution in [0.1, 0.15) is 55.3 Å². The molecule has 29 heavy (non-hydrogen) atoms. The second kappa shape index (κ2) is 9.03. The van der Waals surface area contributed by atoms with E-state index >= 15 is 0 Å². The molecule has 2 saturated heterocycles. The van der Waals surface area contributed by atoms with Gasteiger partial charge in [0.2, 0.25) is 5.91 Å². The van der Waals surface area contributed by atoms with Crippen molar-refractivity contribution in [3.8, 4) is 11.5 Å². The van der Waals surface area contributed by atoms with Gasteiger partial charge in [-0.1, -0.05) is 12.8 Å². The minimum Gasteiger partial charge on any atom is -0.497 e. The van der Waals surface area contributed by atoms with E-state index in [0.29, 0.717) is 30.0 Å². The Morgan fingerprint density at radius 1 is 1.14 bits per heavy atom.